The zero-order chi connectivity index (χ0) is 12.1. The Bertz CT molecular complexity index is 518. The number of rotatable bonds is 3. The van der Waals surface area contributed by atoms with Gasteiger partial charge in [0.1, 0.15) is 0 Å². The molecule has 0 saturated carbocycles. The van der Waals surface area contributed by atoms with Gasteiger partial charge in [-0.15, -0.1) is 11.3 Å². The van der Waals surface area contributed by atoms with Crippen molar-refractivity contribution in [3.8, 4) is 0 Å². The molecule has 1 aromatic heterocycles. The average molecular weight is 245 g/mol. The van der Waals surface area contributed by atoms with E-state index >= 15 is 0 Å². The van der Waals surface area contributed by atoms with Crippen LogP contribution in [0.2, 0.25) is 0 Å². The third kappa shape index (κ3) is 3.01. The van der Waals surface area contributed by atoms with Crippen molar-refractivity contribution in [1.29, 1.82) is 0 Å². The van der Waals surface area contributed by atoms with Gasteiger partial charge in [-0.05, 0) is 30.5 Å². The maximum Gasteiger partial charge on any atom is 0.365 e. The summed E-state index contributed by atoms with van der Waals surface area (Å²) in [5.41, 5.74) is 1.19. The third-order valence-corrected chi connectivity index (χ3v) is 3.13. The van der Waals surface area contributed by atoms with Crippen LogP contribution in [0.3, 0.4) is 0 Å². The zero-order valence-corrected chi connectivity index (χ0v) is 10.1. The minimum Gasteiger partial charge on any atom is -0.313 e. The summed E-state index contributed by atoms with van der Waals surface area (Å²) in [7, 11) is 0. The fourth-order valence-electron chi connectivity index (χ4n) is 1.27. The quantitative estimate of drug-likeness (QED) is 0.472. The van der Waals surface area contributed by atoms with E-state index in [4.69, 9.17) is 4.84 Å². The lowest BCUT2D eigenvalue weighted by Crippen LogP contribution is -2.02. The summed E-state index contributed by atoms with van der Waals surface area (Å²) < 4.78 is 0. The molecule has 17 heavy (non-hydrogen) atoms. The van der Waals surface area contributed by atoms with Crippen molar-refractivity contribution in [3.05, 3.63) is 58.3 Å². The summed E-state index contributed by atoms with van der Waals surface area (Å²) >= 11 is 1.56. The molecule has 0 aliphatic rings. The summed E-state index contributed by atoms with van der Waals surface area (Å²) in [5, 5.41) is 5.77. The number of thiophene rings is 1. The monoisotopic (exact) mass is 245 g/mol. The molecule has 0 spiro atoms. The second kappa shape index (κ2) is 5.41. The van der Waals surface area contributed by atoms with Gasteiger partial charge < -0.3 is 4.84 Å². The number of hydrogen-bond acceptors (Lipinski definition) is 4. The van der Waals surface area contributed by atoms with E-state index in [0.717, 1.165) is 4.88 Å². The molecule has 0 aliphatic heterocycles. The van der Waals surface area contributed by atoms with Gasteiger partial charge in [0.15, 0.2) is 0 Å². The van der Waals surface area contributed by atoms with Gasteiger partial charge in [0.05, 0.1) is 16.2 Å². The normalized spacial score (nSPS) is 11.2. The van der Waals surface area contributed by atoms with Crippen molar-refractivity contribution < 1.29 is 9.63 Å². The molecular formula is C13H11NO2S. The highest BCUT2D eigenvalue weighted by Crippen LogP contribution is 2.10. The molecule has 3 nitrogen and oxygen atoms in total. The Hall–Kier alpha value is -1.94. The van der Waals surface area contributed by atoms with Crippen LogP contribution in [0.5, 0.6) is 0 Å². The highest BCUT2D eigenvalue weighted by atomic mass is 32.1. The fraction of sp³-hybridized carbons (Fsp3) is 0.0769. The van der Waals surface area contributed by atoms with Gasteiger partial charge in [0.25, 0.3) is 0 Å². The molecule has 0 radical (unpaired) electrons. The maximum absolute atomic E-state index is 11.6. The van der Waals surface area contributed by atoms with Crippen LogP contribution < -0.4 is 0 Å². The average Bonchev–Trinajstić information content (AvgIpc) is 2.90. The van der Waals surface area contributed by atoms with Crippen molar-refractivity contribution in [1.82, 2.24) is 0 Å². The first-order valence-electron chi connectivity index (χ1n) is 5.12. The molecule has 0 N–H and O–H groups in total. The second-order valence-electron chi connectivity index (χ2n) is 3.40. The lowest BCUT2D eigenvalue weighted by Gasteiger charge is -1.98. The number of nitrogens with zero attached hydrogens (tertiary/aromatic N) is 1. The summed E-state index contributed by atoms with van der Waals surface area (Å²) in [6, 6.07) is 12.7. The first-order chi connectivity index (χ1) is 8.27. The molecule has 1 aromatic carbocycles. The molecule has 0 atom stereocenters. The van der Waals surface area contributed by atoms with Gasteiger partial charge in [0, 0.05) is 0 Å². The highest BCUT2D eigenvalue weighted by Gasteiger charge is 2.06. The minimum atomic E-state index is -0.443. The predicted molar refractivity (Wildman–Crippen MR) is 68.4 cm³/mol. The lowest BCUT2D eigenvalue weighted by atomic mass is 10.2. The molecular weight excluding hydrogens is 234 g/mol. The van der Waals surface area contributed by atoms with Crippen LogP contribution in [0.4, 0.5) is 0 Å². The summed E-state index contributed by atoms with van der Waals surface area (Å²) in [5.74, 6) is -0.443. The number of carbonyl (C=O) groups is 1. The van der Waals surface area contributed by atoms with Crippen molar-refractivity contribution in [2.24, 2.45) is 5.16 Å². The van der Waals surface area contributed by atoms with Gasteiger partial charge in [-0.1, -0.05) is 29.4 Å². The van der Waals surface area contributed by atoms with E-state index in [0.29, 0.717) is 11.3 Å². The Kier molecular flexibility index (Phi) is 3.67. The second-order valence-corrected chi connectivity index (χ2v) is 4.35. The Morgan fingerprint density at radius 1 is 1.18 bits per heavy atom. The third-order valence-electron chi connectivity index (χ3n) is 2.15. The minimum absolute atomic E-state index is 0.443. The molecule has 0 saturated heterocycles. The van der Waals surface area contributed by atoms with Crippen molar-refractivity contribution >= 4 is 23.0 Å². The Balaban J connectivity index is 2.04. The van der Waals surface area contributed by atoms with E-state index in [1.54, 1.807) is 35.6 Å². The van der Waals surface area contributed by atoms with E-state index in [9.17, 15) is 4.79 Å². The van der Waals surface area contributed by atoms with Gasteiger partial charge in [-0.25, -0.2) is 4.79 Å². The smallest absolute Gasteiger partial charge is 0.313 e. The molecule has 0 aliphatic carbocycles. The maximum atomic E-state index is 11.6. The first kappa shape index (κ1) is 11.5. The van der Waals surface area contributed by atoms with Gasteiger partial charge in [0.2, 0.25) is 0 Å². The summed E-state index contributed by atoms with van der Waals surface area (Å²) in [6.45, 7) is 1.81. The molecule has 86 valence electrons. The Labute approximate surface area is 103 Å². The Morgan fingerprint density at radius 2 is 1.94 bits per heavy atom. The topological polar surface area (TPSA) is 38.7 Å². The van der Waals surface area contributed by atoms with E-state index in [1.165, 1.54) is 0 Å². The van der Waals surface area contributed by atoms with E-state index in [1.807, 2.05) is 30.5 Å². The molecule has 0 amide bonds. The molecule has 4 heteroatoms. The SMILES string of the molecule is C/C(=N\OC(=O)c1ccccc1)c1cccs1. The van der Waals surface area contributed by atoms with Crippen LogP contribution >= 0.6 is 11.3 Å². The number of oxime groups is 1. The van der Waals surface area contributed by atoms with Crippen molar-refractivity contribution in [3.63, 3.8) is 0 Å². The van der Waals surface area contributed by atoms with Crippen LogP contribution in [0.15, 0.2) is 53.0 Å². The van der Waals surface area contributed by atoms with Crippen LogP contribution in [-0.2, 0) is 4.84 Å². The molecule has 2 aromatic rings. The van der Waals surface area contributed by atoms with E-state index in [-0.39, 0.29) is 0 Å². The van der Waals surface area contributed by atoms with Crippen LogP contribution in [0.25, 0.3) is 0 Å². The molecule has 0 fully saturated rings. The Morgan fingerprint density at radius 3 is 2.59 bits per heavy atom. The van der Waals surface area contributed by atoms with Crippen LogP contribution in [-0.4, -0.2) is 11.7 Å². The molecule has 1 heterocycles. The van der Waals surface area contributed by atoms with E-state index in [2.05, 4.69) is 5.16 Å². The first-order valence-corrected chi connectivity index (χ1v) is 6.00. The predicted octanol–water partition coefficient (Wildman–Crippen LogP) is 3.33. The molecule has 0 unspecified atom stereocenters. The van der Waals surface area contributed by atoms with Crippen molar-refractivity contribution in [2.75, 3.05) is 0 Å². The summed E-state index contributed by atoms with van der Waals surface area (Å²) in [4.78, 5) is 17.5. The molecule has 2 rings (SSSR count). The fourth-order valence-corrected chi connectivity index (χ4v) is 1.93. The highest BCUT2D eigenvalue weighted by molar-refractivity contribution is 7.12. The number of hydrogen-bond donors (Lipinski definition) is 0. The standard InChI is InChI=1S/C13H11NO2S/c1-10(12-8-5-9-17-12)14-16-13(15)11-6-3-2-4-7-11/h2-9H,1H3/b14-10+. The number of carbonyl (C=O) groups excluding carboxylic acids is 1. The van der Waals surface area contributed by atoms with Gasteiger partial charge >= 0.3 is 5.97 Å². The lowest BCUT2D eigenvalue weighted by molar-refractivity contribution is 0.0516. The zero-order valence-electron chi connectivity index (χ0n) is 9.29. The van der Waals surface area contributed by atoms with Crippen LogP contribution in [0, 0.1) is 0 Å². The van der Waals surface area contributed by atoms with Crippen molar-refractivity contribution in [2.45, 2.75) is 6.92 Å². The molecule has 0 bridgehead atoms. The number of benzene rings is 1. The van der Waals surface area contributed by atoms with Gasteiger partial charge in [-0.2, -0.15) is 0 Å². The van der Waals surface area contributed by atoms with Gasteiger partial charge in [-0.3, -0.25) is 0 Å². The van der Waals surface area contributed by atoms with E-state index < -0.39 is 5.97 Å². The summed E-state index contributed by atoms with van der Waals surface area (Å²) in [6.07, 6.45) is 0. The van der Waals surface area contributed by atoms with Crippen LogP contribution in [0.1, 0.15) is 22.2 Å². The largest absolute Gasteiger partial charge is 0.365 e.